The number of ether oxygens (including phenoxy) is 1. The highest BCUT2D eigenvalue weighted by atomic mass is 32.2. The molecule has 0 fully saturated rings. The number of fused-ring (bicyclic) bond motifs is 1. The van der Waals surface area contributed by atoms with Crippen molar-refractivity contribution in [2.24, 2.45) is 0 Å². The maximum absolute atomic E-state index is 13.0. The molecule has 0 aliphatic heterocycles. The number of hydrogen-bond acceptors (Lipinski definition) is 8. The highest BCUT2D eigenvalue weighted by molar-refractivity contribution is 7.99. The summed E-state index contributed by atoms with van der Waals surface area (Å²) in [5.41, 5.74) is 1.16. The van der Waals surface area contributed by atoms with Crippen molar-refractivity contribution in [2.45, 2.75) is 31.7 Å². The lowest BCUT2D eigenvalue weighted by molar-refractivity contribution is -0.144. The maximum Gasteiger partial charge on any atom is 0.316 e. The summed E-state index contributed by atoms with van der Waals surface area (Å²) in [4.78, 5) is 24.7. The van der Waals surface area contributed by atoms with E-state index in [1.54, 1.807) is 32.0 Å². The van der Waals surface area contributed by atoms with Crippen LogP contribution < -0.4 is 5.56 Å². The molecule has 4 rings (SSSR count). The van der Waals surface area contributed by atoms with Crippen molar-refractivity contribution >= 4 is 28.5 Å². The van der Waals surface area contributed by atoms with Gasteiger partial charge < -0.3 is 9.15 Å². The molecule has 0 unspecified atom stereocenters. The second kappa shape index (κ2) is 9.13. The molecule has 0 aliphatic carbocycles. The smallest absolute Gasteiger partial charge is 0.316 e. The van der Waals surface area contributed by atoms with Gasteiger partial charge in [-0.15, -0.1) is 10.2 Å². The molecule has 8 nitrogen and oxygen atoms in total. The van der Waals surface area contributed by atoms with E-state index in [1.165, 1.54) is 4.68 Å². The number of carbonyl (C=O) groups is 1. The van der Waals surface area contributed by atoms with Crippen LogP contribution in [0.15, 0.2) is 69.0 Å². The van der Waals surface area contributed by atoms with Crippen LogP contribution in [-0.4, -0.2) is 37.8 Å². The van der Waals surface area contributed by atoms with Gasteiger partial charge in [0.25, 0.3) is 16.7 Å². The van der Waals surface area contributed by atoms with E-state index in [1.807, 2.05) is 36.4 Å². The van der Waals surface area contributed by atoms with E-state index in [9.17, 15) is 9.59 Å². The number of esters is 1. The summed E-state index contributed by atoms with van der Waals surface area (Å²) in [6.07, 6.45) is -0.187. The molecule has 31 heavy (non-hydrogen) atoms. The standard InChI is InChI=1S/C22H20N4O4S/c1-14(2)29-18(27)13-31-22-24-23-20(30-22)19-16-10-6-7-11-17(16)21(28)26(25-19)12-15-8-4-3-5-9-15/h3-11,14H,12-13H2,1-2H3. The molecule has 0 aliphatic rings. The SMILES string of the molecule is CC(C)OC(=O)CSc1nnc(-c2nn(Cc3ccccc3)c(=O)c3ccccc23)o1. The Morgan fingerprint density at radius 2 is 1.77 bits per heavy atom. The number of thioether (sulfide) groups is 1. The molecular formula is C22H20N4O4S. The molecule has 2 heterocycles. The van der Waals surface area contributed by atoms with Crippen molar-refractivity contribution < 1.29 is 13.9 Å². The Labute approximate surface area is 182 Å². The first-order chi connectivity index (χ1) is 15.0. The molecule has 0 bridgehead atoms. The van der Waals surface area contributed by atoms with Crippen molar-refractivity contribution in [1.29, 1.82) is 0 Å². The summed E-state index contributed by atoms with van der Waals surface area (Å²) < 4.78 is 12.2. The average Bonchev–Trinajstić information content (AvgIpc) is 3.23. The Hall–Kier alpha value is -3.46. The first-order valence-electron chi connectivity index (χ1n) is 9.71. The van der Waals surface area contributed by atoms with Crippen LogP contribution in [0.5, 0.6) is 0 Å². The number of carbonyl (C=O) groups excluding carboxylic acids is 1. The van der Waals surface area contributed by atoms with Gasteiger partial charge in [-0.2, -0.15) is 5.10 Å². The lowest BCUT2D eigenvalue weighted by Crippen LogP contribution is -2.24. The molecule has 2 aromatic heterocycles. The molecule has 9 heteroatoms. The minimum atomic E-state index is -0.361. The van der Waals surface area contributed by atoms with Gasteiger partial charge in [0, 0.05) is 5.39 Å². The van der Waals surface area contributed by atoms with Crippen molar-refractivity contribution in [1.82, 2.24) is 20.0 Å². The normalized spacial score (nSPS) is 11.2. The highest BCUT2D eigenvalue weighted by Gasteiger charge is 2.18. The monoisotopic (exact) mass is 436 g/mol. The summed E-state index contributed by atoms with van der Waals surface area (Å²) >= 11 is 1.09. The quantitative estimate of drug-likeness (QED) is 0.320. The van der Waals surface area contributed by atoms with Crippen LogP contribution in [0.2, 0.25) is 0 Å². The third-order valence-corrected chi connectivity index (χ3v) is 5.12. The lowest BCUT2D eigenvalue weighted by atomic mass is 10.1. The third kappa shape index (κ3) is 4.83. The van der Waals surface area contributed by atoms with Crippen molar-refractivity contribution in [3.05, 3.63) is 70.5 Å². The molecule has 0 radical (unpaired) electrons. The molecule has 0 atom stereocenters. The molecule has 0 saturated carbocycles. The average molecular weight is 436 g/mol. The largest absolute Gasteiger partial charge is 0.462 e. The second-order valence-corrected chi connectivity index (χ2v) is 7.97. The Kier molecular flexibility index (Phi) is 6.13. The highest BCUT2D eigenvalue weighted by Crippen LogP contribution is 2.26. The van der Waals surface area contributed by atoms with E-state index in [0.717, 1.165) is 17.3 Å². The molecule has 158 valence electrons. The van der Waals surface area contributed by atoms with Crippen LogP contribution >= 0.6 is 11.8 Å². The molecule has 0 N–H and O–H groups in total. The number of nitrogens with zero attached hydrogens (tertiary/aromatic N) is 4. The van der Waals surface area contributed by atoms with E-state index in [-0.39, 0.29) is 34.5 Å². The maximum atomic E-state index is 13.0. The van der Waals surface area contributed by atoms with Gasteiger partial charge in [-0.1, -0.05) is 60.3 Å². The predicted octanol–water partition coefficient (Wildman–Crippen LogP) is 3.54. The summed E-state index contributed by atoms with van der Waals surface area (Å²) in [6, 6.07) is 16.8. The van der Waals surface area contributed by atoms with Crippen molar-refractivity contribution in [2.75, 3.05) is 5.75 Å². The number of aromatic nitrogens is 4. The fourth-order valence-electron chi connectivity index (χ4n) is 3.04. The topological polar surface area (TPSA) is 100 Å². The zero-order valence-electron chi connectivity index (χ0n) is 17.0. The summed E-state index contributed by atoms with van der Waals surface area (Å²) in [5, 5.41) is 14.0. The van der Waals surface area contributed by atoms with Gasteiger partial charge in [-0.3, -0.25) is 9.59 Å². The van der Waals surface area contributed by atoms with E-state index >= 15 is 0 Å². The minimum absolute atomic E-state index is 0.0570. The molecule has 4 aromatic rings. The minimum Gasteiger partial charge on any atom is -0.462 e. The van der Waals surface area contributed by atoms with Crippen LogP contribution in [0.4, 0.5) is 0 Å². The van der Waals surface area contributed by atoms with Gasteiger partial charge in [0.15, 0.2) is 5.69 Å². The summed E-state index contributed by atoms with van der Waals surface area (Å²) in [5.74, 6) is -0.126. The van der Waals surface area contributed by atoms with Crippen LogP contribution in [0.25, 0.3) is 22.4 Å². The van der Waals surface area contributed by atoms with Gasteiger partial charge in [0.2, 0.25) is 0 Å². The number of hydrogen-bond donors (Lipinski definition) is 0. The van der Waals surface area contributed by atoms with Crippen LogP contribution in [0.3, 0.4) is 0 Å². The molecule has 0 saturated heterocycles. The Morgan fingerprint density at radius 1 is 1.06 bits per heavy atom. The summed E-state index contributed by atoms with van der Waals surface area (Å²) in [6.45, 7) is 3.89. The first kappa shape index (κ1) is 20.8. The lowest BCUT2D eigenvalue weighted by Gasteiger charge is -2.09. The Balaban J connectivity index is 1.67. The first-order valence-corrected chi connectivity index (χ1v) is 10.7. The van der Waals surface area contributed by atoms with E-state index in [2.05, 4.69) is 15.3 Å². The molecular weight excluding hydrogens is 416 g/mol. The zero-order chi connectivity index (χ0) is 21.8. The van der Waals surface area contributed by atoms with Crippen LogP contribution in [0.1, 0.15) is 19.4 Å². The molecule has 0 amide bonds. The molecule has 0 spiro atoms. The summed E-state index contributed by atoms with van der Waals surface area (Å²) in [7, 11) is 0. The van der Waals surface area contributed by atoms with Gasteiger partial charge >= 0.3 is 5.97 Å². The Bertz CT molecular complexity index is 1270. The zero-order valence-corrected chi connectivity index (χ0v) is 17.8. The van der Waals surface area contributed by atoms with Crippen LogP contribution in [0, 0.1) is 0 Å². The van der Waals surface area contributed by atoms with Gasteiger partial charge in [0.1, 0.15) is 5.75 Å². The second-order valence-electron chi connectivity index (χ2n) is 7.04. The van der Waals surface area contributed by atoms with E-state index in [0.29, 0.717) is 23.0 Å². The molecule has 2 aromatic carbocycles. The van der Waals surface area contributed by atoms with Crippen molar-refractivity contribution in [3.8, 4) is 11.6 Å². The van der Waals surface area contributed by atoms with Crippen molar-refractivity contribution in [3.63, 3.8) is 0 Å². The van der Waals surface area contributed by atoms with Crippen LogP contribution in [-0.2, 0) is 16.1 Å². The van der Waals surface area contributed by atoms with E-state index < -0.39 is 0 Å². The fraction of sp³-hybridized carbons (Fsp3) is 0.227. The third-order valence-electron chi connectivity index (χ3n) is 4.33. The van der Waals surface area contributed by atoms with E-state index in [4.69, 9.17) is 9.15 Å². The number of benzene rings is 2. The Morgan fingerprint density at radius 3 is 2.52 bits per heavy atom. The van der Waals surface area contributed by atoms with Gasteiger partial charge in [-0.05, 0) is 25.5 Å². The number of rotatable bonds is 7. The van der Waals surface area contributed by atoms with Gasteiger partial charge in [-0.25, -0.2) is 4.68 Å². The van der Waals surface area contributed by atoms with Gasteiger partial charge in [0.05, 0.1) is 18.0 Å². The predicted molar refractivity (Wildman–Crippen MR) is 117 cm³/mol. The fourth-order valence-corrected chi connectivity index (χ4v) is 3.58.